The maximum atomic E-state index is 13.0. The zero-order valence-electron chi connectivity index (χ0n) is 10.1. The minimum Gasteiger partial charge on any atom is -0.477 e. The number of aromatic nitrogens is 1. The molecule has 2 aromatic rings. The molecule has 5 heteroatoms. The molecule has 0 unspecified atom stereocenters. The van der Waals surface area contributed by atoms with Crippen LogP contribution in [0.3, 0.4) is 0 Å². The van der Waals surface area contributed by atoms with Crippen LogP contribution in [-0.2, 0) is 6.42 Å². The number of pyridine rings is 1. The number of carbonyl (C=O) groups is 1. The van der Waals surface area contributed by atoms with Crippen LogP contribution in [0.25, 0.3) is 0 Å². The normalized spacial score (nSPS) is 10.2. The Balaban J connectivity index is 1.87. The third-order valence-electron chi connectivity index (χ3n) is 2.61. The summed E-state index contributed by atoms with van der Waals surface area (Å²) in [6, 6.07) is 9.53. The van der Waals surface area contributed by atoms with Gasteiger partial charge in [-0.3, -0.25) is 0 Å². The number of halogens is 1. The van der Waals surface area contributed by atoms with Gasteiger partial charge in [-0.1, -0.05) is 12.1 Å². The van der Waals surface area contributed by atoms with E-state index in [-0.39, 0.29) is 11.5 Å². The summed E-state index contributed by atoms with van der Waals surface area (Å²) in [4.78, 5) is 14.4. The van der Waals surface area contributed by atoms with Crippen LogP contribution >= 0.6 is 0 Å². The molecule has 98 valence electrons. The highest BCUT2D eigenvalue weighted by Gasteiger charge is 2.03. The molecule has 0 aliphatic carbocycles. The second kappa shape index (κ2) is 5.95. The van der Waals surface area contributed by atoms with Gasteiger partial charge in [-0.2, -0.15) is 0 Å². The molecule has 19 heavy (non-hydrogen) atoms. The van der Waals surface area contributed by atoms with Gasteiger partial charge in [0.25, 0.3) is 0 Å². The first-order chi connectivity index (χ1) is 9.15. The highest BCUT2D eigenvalue weighted by Crippen LogP contribution is 2.08. The van der Waals surface area contributed by atoms with Gasteiger partial charge in [0, 0.05) is 6.54 Å². The van der Waals surface area contributed by atoms with Gasteiger partial charge in [-0.25, -0.2) is 14.2 Å². The zero-order chi connectivity index (χ0) is 13.7. The van der Waals surface area contributed by atoms with Crippen molar-refractivity contribution >= 4 is 11.7 Å². The third kappa shape index (κ3) is 3.77. The highest BCUT2D eigenvalue weighted by molar-refractivity contribution is 5.85. The standard InChI is InChI=1S/C14H13FN2O2/c15-11-3-1-2-10(8-11)6-7-16-12-4-5-13(14(18)19)17-9-12/h1-5,8-9,16H,6-7H2,(H,18,19). The van der Waals surface area contributed by atoms with Crippen LogP contribution in [0.2, 0.25) is 0 Å². The number of aromatic carboxylic acids is 1. The average molecular weight is 260 g/mol. The number of hydrogen-bond donors (Lipinski definition) is 2. The van der Waals surface area contributed by atoms with Gasteiger partial charge in [0.1, 0.15) is 11.5 Å². The molecule has 4 nitrogen and oxygen atoms in total. The van der Waals surface area contributed by atoms with E-state index < -0.39 is 5.97 Å². The minimum atomic E-state index is -1.05. The number of carboxylic acids is 1. The number of anilines is 1. The predicted molar refractivity (Wildman–Crippen MR) is 69.8 cm³/mol. The summed E-state index contributed by atoms with van der Waals surface area (Å²) >= 11 is 0. The van der Waals surface area contributed by atoms with Crippen molar-refractivity contribution in [2.24, 2.45) is 0 Å². The van der Waals surface area contributed by atoms with Crippen molar-refractivity contribution < 1.29 is 14.3 Å². The largest absolute Gasteiger partial charge is 0.477 e. The van der Waals surface area contributed by atoms with E-state index in [1.54, 1.807) is 12.1 Å². The Bertz CT molecular complexity index is 570. The van der Waals surface area contributed by atoms with Crippen molar-refractivity contribution in [1.29, 1.82) is 0 Å². The molecule has 0 radical (unpaired) electrons. The van der Waals surface area contributed by atoms with Crippen LogP contribution in [-0.4, -0.2) is 22.6 Å². The quantitative estimate of drug-likeness (QED) is 0.867. The molecule has 0 spiro atoms. The summed E-state index contributed by atoms with van der Waals surface area (Å²) < 4.78 is 13.0. The summed E-state index contributed by atoms with van der Waals surface area (Å²) in [5.41, 5.74) is 1.65. The Morgan fingerprint density at radius 2 is 2.16 bits per heavy atom. The Morgan fingerprint density at radius 3 is 2.79 bits per heavy atom. The van der Waals surface area contributed by atoms with Gasteiger partial charge in [0.2, 0.25) is 0 Å². The molecule has 0 aliphatic heterocycles. The molecule has 0 amide bonds. The molecule has 1 aromatic carbocycles. The lowest BCUT2D eigenvalue weighted by Crippen LogP contribution is -2.06. The van der Waals surface area contributed by atoms with Crippen molar-refractivity contribution in [2.45, 2.75) is 6.42 Å². The summed E-state index contributed by atoms with van der Waals surface area (Å²) in [5, 5.41) is 11.8. The molecule has 1 heterocycles. The summed E-state index contributed by atoms with van der Waals surface area (Å²) in [6.07, 6.45) is 2.15. The Morgan fingerprint density at radius 1 is 1.32 bits per heavy atom. The van der Waals surface area contributed by atoms with Gasteiger partial charge < -0.3 is 10.4 Å². The molecule has 2 rings (SSSR count). The van der Waals surface area contributed by atoms with Crippen LogP contribution in [0.15, 0.2) is 42.6 Å². The fourth-order valence-electron chi connectivity index (χ4n) is 1.67. The molecular formula is C14H13FN2O2. The lowest BCUT2D eigenvalue weighted by Gasteiger charge is -2.06. The Kier molecular flexibility index (Phi) is 4.07. The van der Waals surface area contributed by atoms with Crippen LogP contribution in [0.5, 0.6) is 0 Å². The molecule has 0 bridgehead atoms. The number of nitrogens with one attached hydrogen (secondary N) is 1. The van der Waals surface area contributed by atoms with Crippen LogP contribution in [0.1, 0.15) is 16.1 Å². The molecule has 0 saturated heterocycles. The molecule has 0 fully saturated rings. The molecule has 0 aliphatic rings. The first-order valence-electron chi connectivity index (χ1n) is 5.83. The number of hydrogen-bond acceptors (Lipinski definition) is 3. The van der Waals surface area contributed by atoms with E-state index in [1.165, 1.54) is 24.4 Å². The highest BCUT2D eigenvalue weighted by atomic mass is 19.1. The van der Waals surface area contributed by atoms with Crippen molar-refractivity contribution in [1.82, 2.24) is 4.98 Å². The number of rotatable bonds is 5. The first-order valence-corrected chi connectivity index (χ1v) is 5.83. The zero-order valence-corrected chi connectivity index (χ0v) is 10.1. The molecule has 2 N–H and O–H groups in total. The Labute approximate surface area is 109 Å². The first kappa shape index (κ1) is 13.0. The topological polar surface area (TPSA) is 62.2 Å². The monoisotopic (exact) mass is 260 g/mol. The molecule has 0 atom stereocenters. The van der Waals surface area contributed by atoms with E-state index in [0.717, 1.165) is 11.3 Å². The van der Waals surface area contributed by atoms with E-state index in [9.17, 15) is 9.18 Å². The molecule has 1 aromatic heterocycles. The lowest BCUT2D eigenvalue weighted by atomic mass is 10.1. The Hall–Kier alpha value is -2.43. The van der Waals surface area contributed by atoms with E-state index in [0.29, 0.717) is 13.0 Å². The average Bonchev–Trinajstić information content (AvgIpc) is 2.39. The number of benzene rings is 1. The fourth-order valence-corrected chi connectivity index (χ4v) is 1.67. The molecular weight excluding hydrogens is 247 g/mol. The molecule has 0 saturated carbocycles. The van der Waals surface area contributed by atoms with Crippen molar-refractivity contribution in [3.63, 3.8) is 0 Å². The van der Waals surface area contributed by atoms with Crippen molar-refractivity contribution in [2.75, 3.05) is 11.9 Å². The lowest BCUT2D eigenvalue weighted by molar-refractivity contribution is 0.0690. The number of nitrogens with zero attached hydrogens (tertiary/aromatic N) is 1. The van der Waals surface area contributed by atoms with Crippen molar-refractivity contribution in [3.8, 4) is 0 Å². The van der Waals surface area contributed by atoms with Gasteiger partial charge in [0.15, 0.2) is 0 Å². The van der Waals surface area contributed by atoms with E-state index in [4.69, 9.17) is 5.11 Å². The SMILES string of the molecule is O=C(O)c1ccc(NCCc2cccc(F)c2)cn1. The maximum absolute atomic E-state index is 13.0. The van der Waals surface area contributed by atoms with Crippen LogP contribution < -0.4 is 5.32 Å². The third-order valence-corrected chi connectivity index (χ3v) is 2.61. The predicted octanol–water partition coefficient (Wildman–Crippen LogP) is 2.57. The van der Waals surface area contributed by atoms with Crippen molar-refractivity contribution in [3.05, 3.63) is 59.7 Å². The summed E-state index contributed by atoms with van der Waals surface area (Å²) in [6.45, 7) is 0.623. The minimum absolute atomic E-state index is 0.00989. The summed E-state index contributed by atoms with van der Waals surface area (Å²) in [5.74, 6) is -1.30. The van der Waals surface area contributed by atoms with Crippen LogP contribution in [0, 0.1) is 5.82 Å². The van der Waals surface area contributed by atoms with Gasteiger partial charge >= 0.3 is 5.97 Å². The van der Waals surface area contributed by atoms with E-state index in [2.05, 4.69) is 10.3 Å². The second-order valence-corrected chi connectivity index (χ2v) is 4.04. The smallest absolute Gasteiger partial charge is 0.354 e. The maximum Gasteiger partial charge on any atom is 0.354 e. The van der Waals surface area contributed by atoms with E-state index >= 15 is 0 Å². The number of carboxylic acid groups (broad SMARTS) is 1. The van der Waals surface area contributed by atoms with Gasteiger partial charge in [0.05, 0.1) is 11.9 Å². The fraction of sp³-hybridized carbons (Fsp3) is 0.143. The van der Waals surface area contributed by atoms with Crippen LogP contribution in [0.4, 0.5) is 10.1 Å². The van der Waals surface area contributed by atoms with Gasteiger partial charge in [-0.15, -0.1) is 0 Å². The van der Waals surface area contributed by atoms with E-state index in [1.807, 2.05) is 6.07 Å². The second-order valence-electron chi connectivity index (χ2n) is 4.04. The van der Waals surface area contributed by atoms with Gasteiger partial charge in [-0.05, 0) is 36.2 Å². The summed E-state index contributed by atoms with van der Waals surface area (Å²) in [7, 11) is 0.